The van der Waals surface area contributed by atoms with Gasteiger partial charge in [0.15, 0.2) is 0 Å². The van der Waals surface area contributed by atoms with E-state index in [4.69, 9.17) is 10.2 Å². The molecule has 0 bridgehead atoms. The minimum atomic E-state index is -4.33. The van der Waals surface area contributed by atoms with Crippen LogP contribution in [-0.4, -0.2) is 16.0 Å². The average molecular weight is 303 g/mol. The minimum absolute atomic E-state index is 0.393. The summed E-state index contributed by atoms with van der Waals surface area (Å²) in [5, 5.41) is 7.87. The molecule has 1 atom stereocenters. The first kappa shape index (κ1) is 14.9. The van der Waals surface area contributed by atoms with Crippen molar-refractivity contribution in [1.82, 2.24) is 10.2 Å². The number of hydrogen-bond acceptors (Lipinski definition) is 5. The number of alkyl halides is 3. The topological polar surface area (TPSA) is 64.9 Å². The van der Waals surface area contributed by atoms with Crippen LogP contribution in [0.1, 0.15) is 23.1 Å². The minimum Gasteiger partial charge on any atom is -0.416 e. The second kappa shape index (κ2) is 5.84. The molecule has 0 aliphatic carbocycles. The van der Waals surface area contributed by atoms with Crippen LogP contribution in [0.15, 0.2) is 33.9 Å². The summed E-state index contributed by atoms with van der Waals surface area (Å²) in [5.74, 6) is 0.892. The number of hydrogen-bond donors (Lipinski definition) is 1. The van der Waals surface area contributed by atoms with Gasteiger partial charge in [0, 0.05) is 18.7 Å². The zero-order valence-electron chi connectivity index (χ0n) is 10.5. The lowest BCUT2D eigenvalue weighted by atomic mass is 10.1. The van der Waals surface area contributed by atoms with Gasteiger partial charge >= 0.3 is 6.18 Å². The third kappa shape index (κ3) is 3.73. The maximum Gasteiger partial charge on any atom is 0.416 e. The zero-order valence-corrected chi connectivity index (χ0v) is 11.3. The van der Waals surface area contributed by atoms with Gasteiger partial charge in [-0.2, -0.15) is 13.2 Å². The van der Waals surface area contributed by atoms with Gasteiger partial charge in [0.2, 0.25) is 5.89 Å². The second-order valence-electron chi connectivity index (χ2n) is 4.12. The molecule has 108 valence electrons. The Labute approximate surface area is 117 Å². The number of nitrogens with two attached hydrogens (primary N) is 1. The van der Waals surface area contributed by atoms with Crippen molar-refractivity contribution in [3.63, 3.8) is 0 Å². The normalized spacial score (nSPS) is 13.4. The van der Waals surface area contributed by atoms with Gasteiger partial charge in [0.25, 0.3) is 5.22 Å². The van der Waals surface area contributed by atoms with E-state index in [0.29, 0.717) is 22.4 Å². The summed E-state index contributed by atoms with van der Waals surface area (Å²) in [7, 11) is 0. The maximum atomic E-state index is 12.4. The van der Waals surface area contributed by atoms with Gasteiger partial charge in [-0.3, -0.25) is 0 Å². The Bertz CT molecular complexity index is 568. The van der Waals surface area contributed by atoms with Crippen molar-refractivity contribution in [2.75, 3.05) is 5.75 Å². The molecule has 0 aliphatic heterocycles. The first-order valence-electron chi connectivity index (χ1n) is 5.72. The van der Waals surface area contributed by atoms with E-state index in [9.17, 15) is 13.2 Å². The molecule has 2 rings (SSSR count). The molecule has 0 aliphatic rings. The highest BCUT2D eigenvalue weighted by atomic mass is 32.2. The van der Waals surface area contributed by atoms with Crippen LogP contribution in [0.4, 0.5) is 13.2 Å². The number of aryl methyl sites for hydroxylation is 1. The van der Waals surface area contributed by atoms with Crippen LogP contribution < -0.4 is 5.73 Å². The van der Waals surface area contributed by atoms with Gasteiger partial charge in [-0.25, -0.2) is 0 Å². The van der Waals surface area contributed by atoms with Gasteiger partial charge in [-0.1, -0.05) is 23.9 Å². The van der Waals surface area contributed by atoms with Crippen LogP contribution in [0.3, 0.4) is 0 Å². The van der Waals surface area contributed by atoms with E-state index in [1.165, 1.54) is 23.9 Å². The maximum absolute atomic E-state index is 12.4. The predicted molar refractivity (Wildman–Crippen MR) is 68.1 cm³/mol. The van der Waals surface area contributed by atoms with Crippen molar-refractivity contribution < 1.29 is 17.6 Å². The quantitative estimate of drug-likeness (QED) is 0.879. The number of aromatic nitrogens is 2. The van der Waals surface area contributed by atoms with Gasteiger partial charge < -0.3 is 10.2 Å². The van der Waals surface area contributed by atoms with E-state index in [0.717, 1.165) is 12.1 Å². The Morgan fingerprint density at radius 3 is 2.40 bits per heavy atom. The summed E-state index contributed by atoms with van der Waals surface area (Å²) in [6, 6.07) is 4.41. The molecule has 1 aromatic heterocycles. The fourth-order valence-corrected chi connectivity index (χ4v) is 2.31. The highest BCUT2D eigenvalue weighted by Crippen LogP contribution is 2.30. The lowest BCUT2D eigenvalue weighted by Gasteiger charge is -2.12. The first-order valence-corrected chi connectivity index (χ1v) is 6.70. The molecule has 0 fully saturated rings. The SMILES string of the molecule is Cc1nnc(SCC(N)c2ccc(C(F)(F)F)cc2)o1. The summed E-state index contributed by atoms with van der Waals surface area (Å²) in [4.78, 5) is 0. The molecule has 1 aromatic carbocycles. The predicted octanol–water partition coefficient (Wildman–Crippen LogP) is 3.19. The van der Waals surface area contributed by atoms with E-state index in [1.54, 1.807) is 6.92 Å². The van der Waals surface area contributed by atoms with E-state index in [-0.39, 0.29) is 0 Å². The molecule has 2 N–H and O–H groups in total. The highest BCUT2D eigenvalue weighted by Gasteiger charge is 2.30. The van der Waals surface area contributed by atoms with Gasteiger partial charge in [0.1, 0.15) is 0 Å². The largest absolute Gasteiger partial charge is 0.416 e. The third-order valence-corrected chi connectivity index (χ3v) is 3.50. The summed E-state index contributed by atoms with van der Waals surface area (Å²) < 4.78 is 42.5. The standard InChI is InChI=1S/C12H12F3N3OS/c1-7-17-18-11(19-7)20-6-10(16)8-2-4-9(5-3-8)12(13,14)15/h2-5,10H,6,16H2,1H3. The molecule has 0 saturated carbocycles. The molecule has 2 aromatic rings. The van der Waals surface area contributed by atoms with E-state index >= 15 is 0 Å². The van der Waals surface area contributed by atoms with Crippen molar-refractivity contribution in [3.8, 4) is 0 Å². The monoisotopic (exact) mass is 303 g/mol. The highest BCUT2D eigenvalue weighted by molar-refractivity contribution is 7.99. The number of rotatable bonds is 4. The van der Waals surface area contributed by atoms with Crippen LogP contribution in [0, 0.1) is 6.92 Å². The molecule has 4 nitrogen and oxygen atoms in total. The van der Waals surface area contributed by atoms with Gasteiger partial charge in [0.05, 0.1) is 5.56 Å². The molecule has 20 heavy (non-hydrogen) atoms. The fourth-order valence-electron chi connectivity index (χ4n) is 1.51. The Balaban J connectivity index is 1.97. The zero-order chi connectivity index (χ0) is 14.8. The first-order chi connectivity index (χ1) is 9.36. The van der Waals surface area contributed by atoms with E-state index in [1.807, 2.05) is 0 Å². The Morgan fingerprint density at radius 1 is 1.25 bits per heavy atom. The van der Waals surface area contributed by atoms with Crippen molar-refractivity contribution >= 4 is 11.8 Å². The van der Waals surface area contributed by atoms with Crippen molar-refractivity contribution in [2.45, 2.75) is 24.4 Å². The lowest BCUT2D eigenvalue weighted by Crippen LogP contribution is -2.13. The number of benzene rings is 1. The molecule has 1 unspecified atom stereocenters. The smallest absolute Gasteiger partial charge is 0.416 e. The second-order valence-corrected chi connectivity index (χ2v) is 5.10. The number of halogens is 3. The van der Waals surface area contributed by atoms with E-state index < -0.39 is 17.8 Å². The van der Waals surface area contributed by atoms with Gasteiger partial charge in [-0.05, 0) is 17.7 Å². The summed E-state index contributed by atoms with van der Waals surface area (Å²) in [6.45, 7) is 1.67. The van der Waals surface area contributed by atoms with Crippen LogP contribution in [0.25, 0.3) is 0 Å². The molecule has 1 heterocycles. The molecule has 0 radical (unpaired) electrons. The molecule has 0 spiro atoms. The van der Waals surface area contributed by atoms with Crippen molar-refractivity contribution in [1.29, 1.82) is 0 Å². The molecule has 8 heteroatoms. The van der Waals surface area contributed by atoms with Crippen LogP contribution in [0.5, 0.6) is 0 Å². The molecular formula is C12H12F3N3OS. The van der Waals surface area contributed by atoms with Crippen LogP contribution >= 0.6 is 11.8 Å². The summed E-state index contributed by atoms with van der Waals surface area (Å²) >= 11 is 1.27. The lowest BCUT2D eigenvalue weighted by molar-refractivity contribution is -0.137. The number of nitrogens with zero attached hydrogens (tertiary/aromatic N) is 2. The molecular weight excluding hydrogens is 291 g/mol. The molecule has 0 saturated heterocycles. The number of thioether (sulfide) groups is 1. The average Bonchev–Trinajstić information content (AvgIpc) is 2.81. The Morgan fingerprint density at radius 2 is 1.90 bits per heavy atom. The Kier molecular flexibility index (Phi) is 4.34. The summed E-state index contributed by atoms with van der Waals surface area (Å²) in [6.07, 6.45) is -4.33. The fraction of sp³-hybridized carbons (Fsp3) is 0.333. The van der Waals surface area contributed by atoms with Crippen LogP contribution in [0.2, 0.25) is 0 Å². The van der Waals surface area contributed by atoms with Gasteiger partial charge in [-0.15, -0.1) is 10.2 Å². The van der Waals surface area contributed by atoms with Crippen molar-refractivity contribution in [3.05, 3.63) is 41.3 Å². The van der Waals surface area contributed by atoms with E-state index in [2.05, 4.69) is 10.2 Å². The molecule has 0 amide bonds. The van der Waals surface area contributed by atoms with Crippen molar-refractivity contribution in [2.24, 2.45) is 5.73 Å². The Hall–Kier alpha value is -1.54. The van der Waals surface area contributed by atoms with Crippen LogP contribution in [-0.2, 0) is 6.18 Å². The third-order valence-electron chi connectivity index (χ3n) is 2.56. The summed E-state index contributed by atoms with van der Waals surface area (Å²) in [5.41, 5.74) is 5.86.